The van der Waals surface area contributed by atoms with E-state index in [1.54, 1.807) is 0 Å². The van der Waals surface area contributed by atoms with Gasteiger partial charge in [0.2, 0.25) is 10.0 Å². The third-order valence-electron chi connectivity index (χ3n) is 5.10. The second-order valence-electron chi connectivity index (χ2n) is 7.16. The van der Waals surface area contributed by atoms with Crippen LogP contribution in [0.2, 0.25) is 0 Å². The van der Waals surface area contributed by atoms with E-state index in [1.165, 1.54) is 5.56 Å². The minimum Gasteiger partial charge on any atom is -0.339 e. The fourth-order valence-corrected chi connectivity index (χ4v) is 4.82. The summed E-state index contributed by atoms with van der Waals surface area (Å²) < 4.78 is 26.5. The lowest BCUT2D eigenvalue weighted by Crippen LogP contribution is -2.46. The van der Waals surface area contributed by atoms with Crippen LogP contribution in [0, 0.1) is 0 Å². The minimum atomic E-state index is -3.20. The van der Waals surface area contributed by atoms with Gasteiger partial charge in [0, 0.05) is 31.2 Å². The Kier molecular flexibility index (Phi) is 8.26. The molecule has 0 radical (unpaired) electrons. The molecule has 1 saturated heterocycles. The standard InChI is InChI=1S/C20H33N3O3S/c1-4-15-27(25,26)21-19-11-13-23(14-12-19)20(24)18-9-7-17(8-10-18)16-22(5-2)6-3/h7-10,19,21H,4-6,11-16H2,1-3H3. The number of carbonyl (C=O) groups excluding carboxylic acids is 1. The zero-order valence-corrected chi connectivity index (χ0v) is 17.6. The summed E-state index contributed by atoms with van der Waals surface area (Å²) in [6.07, 6.45) is 1.93. The molecule has 1 fully saturated rings. The molecule has 0 atom stereocenters. The average molecular weight is 396 g/mol. The number of rotatable bonds is 9. The number of nitrogens with zero attached hydrogens (tertiary/aromatic N) is 2. The van der Waals surface area contributed by atoms with Crippen LogP contribution in [-0.2, 0) is 16.6 Å². The van der Waals surface area contributed by atoms with Gasteiger partial charge in [-0.05, 0) is 50.0 Å². The molecule has 1 heterocycles. The van der Waals surface area contributed by atoms with Crippen molar-refractivity contribution in [1.82, 2.24) is 14.5 Å². The highest BCUT2D eigenvalue weighted by Gasteiger charge is 2.26. The summed E-state index contributed by atoms with van der Waals surface area (Å²) in [5, 5.41) is 0. The summed E-state index contributed by atoms with van der Waals surface area (Å²) in [4.78, 5) is 16.9. The molecule has 1 aromatic carbocycles. The lowest BCUT2D eigenvalue weighted by Gasteiger charge is -2.32. The van der Waals surface area contributed by atoms with Crippen LogP contribution >= 0.6 is 0 Å². The Morgan fingerprint density at radius 3 is 2.22 bits per heavy atom. The van der Waals surface area contributed by atoms with Crippen molar-refractivity contribution >= 4 is 15.9 Å². The highest BCUT2D eigenvalue weighted by atomic mass is 32.2. The van der Waals surface area contributed by atoms with Crippen LogP contribution in [0.15, 0.2) is 24.3 Å². The number of hydrogen-bond acceptors (Lipinski definition) is 4. The van der Waals surface area contributed by atoms with Crippen molar-refractivity contribution < 1.29 is 13.2 Å². The van der Waals surface area contributed by atoms with E-state index in [2.05, 4.69) is 23.5 Å². The molecule has 0 saturated carbocycles. The molecule has 1 N–H and O–H groups in total. The number of likely N-dealkylation sites (tertiary alicyclic amines) is 1. The lowest BCUT2D eigenvalue weighted by atomic mass is 10.0. The van der Waals surface area contributed by atoms with Gasteiger partial charge >= 0.3 is 0 Å². The molecule has 0 aromatic heterocycles. The molecule has 0 aliphatic carbocycles. The Bertz CT molecular complexity index is 692. The lowest BCUT2D eigenvalue weighted by molar-refractivity contribution is 0.0711. The molecule has 0 spiro atoms. The van der Waals surface area contributed by atoms with Gasteiger partial charge < -0.3 is 4.90 Å². The van der Waals surface area contributed by atoms with E-state index in [4.69, 9.17) is 0 Å². The van der Waals surface area contributed by atoms with Gasteiger partial charge in [0.25, 0.3) is 5.91 Å². The van der Waals surface area contributed by atoms with E-state index >= 15 is 0 Å². The minimum absolute atomic E-state index is 0.0271. The molecule has 6 nitrogen and oxygen atoms in total. The van der Waals surface area contributed by atoms with Crippen molar-refractivity contribution in [2.75, 3.05) is 31.9 Å². The molecule has 0 bridgehead atoms. The van der Waals surface area contributed by atoms with Crippen molar-refractivity contribution in [2.45, 2.75) is 52.6 Å². The van der Waals surface area contributed by atoms with Crippen LogP contribution in [0.3, 0.4) is 0 Å². The number of benzene rings is 1. The van der Waals surface area contributed by atoms with E-state index in [1.807, 2.05) is 36.1 Å². The third kappa shape index (κ3) is 6.59. The summed E-state index contributed by atoms with van der Waals surface area (Å²) in [7, 11) is -3.20. The number of nitrogens with one attached hydrogen (secondary N) is 1. The normalized spacial score (nSPS) is 16.1. The molecule has 0 unspecified atom stereocenters. The van der Waals surface area contributed by atoms with Gasteiger partial charge in [-0.1, -0.05) is 32.9 Å². The monoisotopic (exact) mass is 395 g/mol. The first-order valence-corrected chi connectivity index (χ1v) is 11.6. The van der Waals surface area contributed by atoms with Crippen LogP contribution in [0.25, 0.3) is 0 Å². The summed E-state index contributed by atoms with van der Waals surface area (Å²) in [5.41, 5.74) is 1.91. The number of sulfonamides is 1. The van der Waals surface area contributed by atoms with Crippen LogP contribution < -0.4 is 4.72 Å². The third-order valence-corrected chi connectivity index (χ3v) is 6.74. The predicted molar refractivity (Wildman–Crippen MR) is 109 cm³/mol. The average Bonchev–Trinajstić information content (AvgIpc) is 2.66. The summed E-state index contributed by atoms with van der Waals surface area (Å²) in [6, 6.07) is 7.78. The molecular formula is C20H33N3O3S. The first kappa shape index (κ1) is 21.9. The predicted octanol–water partition coefficient (Wildman–Crippen LogP) is 2.46. The fraction of sp³-hybridized carbons (Fsp3) is 0.650. The maximum absolute atomic E-state index is 12.7. The number of hydrogen-bond donors (Lipinski definition) is 1. The molecule has 7 heteroatoms. The second kappa shape index (κ2) is 10.2. The Morgan fingerprint density at radius 1 is 1.11 bits per heavy atom. The Morgan fingerprint density at radius 2 is 1.70 bits per heavy atom. The topological polar surface area (TPSA) is 69.7 Å². The van der Waals surface area contributed by atoms with E-state index in [9.17, 15) is 13.2 Å². The van der Waals surface area contributed by atoms with Crippen molar-refractivity contribution in [3.05, 3.63) is 35.4 Å². The molecule has 152 valence electrons. The first-order chi connectivity index (χ1) is 12.9. The molecule has 2 rings (SSSR count). The highest BCUT2D eigenvalue weighted by molar-refractivity contribution is 7.89. The molecule has 27 heavy (non-hydrogen) atoms. The second-order valence-corrected chi connectivity index (χ2v) is 9.03. The maximum atomic E-state index is 12.7. The molecule has 1 aromatic rings. The first-order valence-electron chi connectivity index (χ1n) is 9.99. The SMILES string of the molecule is CCCS(=O)(=O)NC1CCN(C(=O)c2ccc(CN(CC)CC)cc2)CC1. The van der Waals surface area contributed by atoms with E-state index in [0.29, 0.717) is 37.9 Å². The number of amides is 1. The number of carbonyl (C=O) groups is 1. The zero-order chi connectivity index (χ0) is 19.9. The van der Waals surface area contributed by atoms with Gasteiger partial charge in [0.05, 0.1) is 5.75 Å². The summed E-state index contributed by atoms with van der Waals surface area (Å²) in [6.45, 7) is 10.2. The molecule has 1 aliphatic heterocycles. The van der Waals surface area contributed by atoms with Crippen molar-refractivity contribution in [3.63, 3.8) is 0 Å². The Labute approximate surface area is 164 Å². The summed E-state index contributed by atoms with van der Waals surface area (Å²) >= 11 is 0. The highest BCUT2D eigenvalue weighted by Crippen LogP contribution is 2.16. The van der Waals surface area contributed by atoms with Crippen LogP contribution in [0.5, 0.6) is 0 Å². The van der Waals surface area contributed by atoms with Crippen molar-refractivity contribution in [2.24, 2.45) is 0 Å². The van der Waals surface area contributed by atoms with Crippen LogP contribution in [0.1, 0.15) is 56.0 Å². The van der Waals surface area contributed by atoms with E-state index in [-0.39, 0.29) is 17.7 Å². The fourth-order valence-electron chi connectivity index (χ4n) is 3.42. The van der Waals surface area contributed by atoms with E-state index < -0.39 is 10.0 Å². The van der Waals surface area contributed by atoms with Crippen LogP contribution in [-0.4, -0.2) is 62.1 Å². The summed E-state index contributed by atoms with van der Waals surface area (Å²) in [5.74, 6) is 0.186. The largest absolute Gasteiger partial charge is 0.339 e. The molecular weight excluding hydrogens is 362 g/mol. The molecule has 1 aliphatic rings. The zero-order valence-electron chi connectivity index (χ0n) is 16.8. The maximum Gasteiger partial charge on any atom is 0.253 e. The molecule has 1 amide bonds. The quantitative estimate of drug-likeness (QED) is 0.697. The van der Waals surface area contributed by atoms with Crippen molar-refractivity contribution in [3.8, 4) is 0 Å². The van der Waals surface area contributed by atoms with E-state index in [0.717, 1.165) is 19.6 Å². The smallest absolute Gasteiger partial charge is 0.253 e. The van der Waals surface area contributed by atoms with Gasteiger partial charge in [0.15, 0.2) is 0 Å². The van der Waals surface area contributed by atoms with Gasteiger partial charge in [-0.25, -0.2) is 13.1 Å². The Balaban J connectivity index is 1.88. The van der Waals surface area contributed by atoms with Gasteiger partial charge in [-0.2, -0.15) is 0 Å². The number of piperidine rings is 1. The van der Waals surface area contributed by atoms with Crippen LogP contribution in [0.4, 0.5) is 0 Å². The van der Waals surface area contributed by atoms with Crippen molar-refractivity contribution in [1.29, 1.82) is 0 Å². The Hall–Kier alpha value is -1.44. The van der Waals surface area contributed by atoms with Gasteiger partial charge in [0.1, 0.15) is 0 Å². The van der Waals surface area contributed by atoms with Gasteiger partial charge in [-0.15, -0.1) is 0 Å². The van der Waals surface area contributed by atoms with Gasteiger partial charge in [-0.3, -0.25) is 9.69 Å².